The fourth-order valence-corrected chi connectivity index (χ4v) is 5.56. The predicted octanol–water partition coefficient (Wildman–Crippen LogP) is 3.13. The van der Waals surface area contributed by atoms with Crippen LogP contribution < -0.4 is 16.0 Å². The number of pyridine rings is 1. The fourth-order valence-electron chi connectivity index (χ4n) is 4.61. The number of hydrogen-bond donors (Lipinski definition) is 3. The van der Waals surface area contributed by atoms with Gasteiger partial charge in [0.2, 0.25) is 5.91 Å². The van der Waals surface area contributed by atoms with Gasteiger partial charge in [-0.15, -0.1) is 11.3 Å². The maximum absolute atomic E-state index is 12.7. The first kappa shape index (κ1) is 24.9. The molecular formula is C23H30F3N5O2S. The second-order valence-corrected chi connectivity index (χ2v) is 10.1. The molecule has 11 heteroatoms. The number of halogens is 3. The number of carbonyl (C=O) groups excluding carboxylic acids is 2. The average Bonchev–Trinajstić information content (AvgIpc) is 3.28. The van der Waals surface area contributed by atoms with Crippen LogP contribution in [0, 0.1) is 11.8 Å². The third-order valence-corrected chi connectivity index (χ3v) is 7.70. The SMILES string of the molecule is O=C(NCCCCC1CCN(C(=O)C2CNC(C(F)(F)F)NC2)CC1)c1cc2ccncc2s1. The van der Waals surface area contributed by atoms with Gasteiger partial charge in [0.1, 0.15) is 0 Å². The Labute approximate surface area is 200 Å². The topological polar surface area (TPSA) is 86.4 Å². The van der Waals surface area contributed by atoms with E-state index in [1.54, 1.807) is 17.3 Å². The highest BCUT2D eigenvalue weighted by atomic mass is 32.1. The van der Waals surface area contributed by atoms with Gasteiger partial charge in [0.15, 0.2) is 6.17 Å². The molecule has 2 aromatic rings. The number of piperidine rings is 1. The Kier molecular flexibility index (Phi) is 8.05. The molecular weight excluding hydrogens is 467 g/mol. The number of rotatable bonds is 7. The molecule has 2 aliphatic rings. The molecule has 2 amide bonds. The summed E-state index contributed by atoms with van der Waals surface area (Å²) in [6.07, 6.45) is 2.16. The number of nitrogens with zero attached hydrogens (tertiary/aromatic N) is 2. The van der Waals surface area contributed by atoms with Crippen molar-refractivity contribution in [2.24, 2.45) is 11.8 Å². The van der Waals surface area contributed by atoms with Gasteiger partial charge in [-0.05, 0) is 42.7 Å². The number of amides is 2. The van der Waals surface area contributed by atoms with Gasteiger partial charge >= 0.3 is 6.18 Å². The molecule has 0 saturated carbocycles. The molecule has 0 aromatic carbocycles. The smallest absolute Gasteiger partial charge is 0.351 e. The number of alkyl halides is 3. The number of hydrogen-bond acceptors (Lipinski definition) is 6. The Hall–Kier alpha value is -2.24. The molecule has 4 heterocycles. The maximum atomic E-state index is 12.7. The van der Waals surface area contributed by atoms with Crippen LogP contribution in [0.15, 0.2) is 24.5 Å². The van der Waals surface area contributed by atoms with Gasteiger partial charge in [-0.1, -0.05) is 12.8 Å². The van der Waals surface area contributed by atoms with E-state index in [1.807, 2.05) is 12.1 Å². The van der Waals surface area contributed by atoms with Crippen molar-refractivity contribution < 1.29 is 22.8 Å². The van der Waals surface area contributed by atoms with Gasteiger partial charge in [-0.3, -0.25) is 25.2 Å². The van der Waals surface area contributed by atoms with Crippen molar-refractivity contribution in [3.05, 3.63) is 29.4 Å². The molecule has 2 fully saturated rings. The summed E-state index contributed by atoms with van der Waals surface area (Å²) in [5, 5.41) is 8.78. The lowest BCUT2D eigenvalue weighted by Gasteiger charge is -2.37. The maximum Gasteiger partial charge on any atom is 0.417 e. The van der Waals surface area contributed by atoms with Crippen molar-refractivity contribution in [1.29, 1.82) is 0 Å². The lowest BCUT2D eigenvalue weighted by atomic mass is 9.90. The Morgan fingerprint density at radius 3 is 2.59 bits per heavy atom. The zero-order valence-corrected chi connectivity index (χ0v) is 19.7. The summed E-state index contributed by atoms with van der Waals surface area (Å²) in [7, 11) is 0. The van der Waals surface area contributed by atoms with Gasteiger partial charge < -0.3 is 10.2 Å². The van der Waals surface area contributed by atoms with Crippen molar-refractivity contribution in [1.82, 2.24) is 25.8 Å². The van der Waals surface area contributed by atoms with Crippen LogP contribution in [0.2, 0.25) is 0 Å². The van der Waals surface area contributed by atoms with Crippen molar-refractivity contribution >= 4 is 33.2 Å². The van der Waals surface area contributed by atoms with E-state index in [4.69, 9.17) is 0 Å². The summed E-state index contributed by atoms with van der Waals surface area (Å²) < 4.78 is 39.2. The number of fused-ring (bicyclic) bond motifs is 1. The van der Waals surface area contributed by atoms with Crippen LogP contribution in [0.5, 0.6) is 0 Å². The van der Waals surface area contributed by atoms with E-state index in [1.165, 1.54) is 11.3 Å². The summed E-state index contributed by atoms with van der Waals surface area (Å²) >= 11 is 1.44. The molecule has 0 bridgehead atoms. The quantitative estimate of drug-likeness (QED) is 0.512. The van der Waals surface area contributed by atoms with Gasteiger partial charge in [0, 0.05) is 45.1 Å². The third-order valence-electron chi connectivity index (χ3n) is 6.61. The molecule has 3 N–H and O–H groups in total. The number of thiophene rings is 1. The highest BCUT2D eigenvalue weighted by molar-refractivity contribution is 7.20. The Bertz CT molecular complexity index is 949. The van der Waals surface area contributed by atoms with E-state index >= 15 is 0 Å². The summed E-state index contributed by atoms with van der Waals surface area (Å²) in [5.41, 5.74) is 0. The molecule has 0 spiro atoms. The normalized spacial score (nSPS) is 22.1. The van der Waals surface area contributed by atoms with Crippen LogP contribution in [0.1, 0.15) is 41.8 Å². The first-order chi connectivity index (χ1) is 16.3. The molecule has 0 unspecified atom stereocenters. The second kappa shape index (κ2) is 11.0. The molecule has 2 aromatic heterocycles. The van der Waals surface area contributed by atoms with Crippen molar-refractivity contribution in [2.75, 3.05) is 32.7 Å². The standard InChI is InChI=1S/C23H30F3N5O2S/c24-23(25,26)22-29-12-17(13-30-22)21(33)31-9-5-15(6-10-31)3-1-2-7-28-20(32)18-11-16-4-8-27-14-19(16)34-18/h4,8,11,14-15,17,22,29-30H,1-3,5-7,9-10,12-13H2,(H,28,32). The Balaban J connectivity index is 1.09. The van der Waals surface area contributed by atoms with Gasteiger partial charge in [0.05, 0.1) is 15.5 Å². The van der Waals surface area contributed by atoms with Crippen molar-refractivity contribution in [3.8, 4) is 0 Å². The molecule has 0 radical (unpaired) electrons. The van der Waals surface area contributed by atoms with Crippen molar-refractivity contribution in [2.45, 2.75) is 44.4 Å². The molecule has 2 aliphatic heterocycles. The number of nitrogens with one attached hydrogen (secondary N) is 3. The zero-order chi connectivity index (χ0) is 24.1. The molecule has 7 nitrogen and oxygen atoms in total. The monoisotopic (exact) mass is 497 g/mol. The van der Waals surface area contributed by atoms with E-state index in [0.717, 1.165) is 42.2 Å². The number of aromatic nitrogens is 1. The molecule has 186 valence electrons. The Morgan fingerprint density at radius 2 is 1.91 bits per heavy atom. The van der Waals surface area contributed by atoms with Crippen LogP contribution >= 0.6 is 11.3 Å². The molecule has 0 atom stereocenters. The average molecular weight is 498 g/mol. The van der Waals surface area contributed by atoms with Crippen LogP contribution in [0.3, 0.4) is 0 Å². The Morgan fingerprint density at radius 1 is 1.18 bits per heavy atom. The highest BCUT2D eigenvalue weighted by Crippen LogP contribution is 2.26. The minimum atomic E-state index is -4.36. The lowest BCUT2D eigenvalue weighted by Crippen LogP contribution is -2.62. The number of likely N-dealkylation sites (tertiary alicyclic amines) is 1. The van der Waals surface area contributed by atoms with Crippen molar-refractivity contribution in [3.63, 3.8) is 0 Å². The van der Waals surface area contributed by atoms with E-state index < -0.39 is 18.3 Å². The second-order valence-electron chi connectivity index (χ2n) is 9.03. The lowest BCUT2D eigenvalue weighted by molar-refractivity contribution is -0.170. The minimum Gasteiger partial charge on any atom is -0.351 e. The molecule has 4 rings (SSSR count). The first-order valence-corrected chi connectivity index (χ1v) is 12.6. The van der Waals surface area contributed by atoms with E-state index in [9.17, 15) is 22.8 Å². The van der Waals surface area contributed by atoms with Crippen LogP contribution in [-0.2, 0) is 4.79 Å². The largest absolute Gasteiger partial charge is 0.417 e. The van der Waals surface area contributed by atoms with Gasteiger partial charge in [-0.25, -0.2) is 0 Å². The fraction of sp³-hybridized carbons (Fsp3) is 0.609. The number of carbonyl (C=O) groups is 2. The molecule has 2 saturated heterocycles. The van der Waals surface area contributed by atoms with E-state index in [0.29, 0.717) is 30.4 Å². The third kappa shape index (κ3) is 6.25. The van der Waals surface area contributed by atoms with Crippen LogP contribution in [0.25, 0.3) is 10.1 Å². The highest BCUT2D eigenvalue weighted by Gasteiger charge is 2.43. The van der Waals surface area contributed by atoms with Crippen LogP contribution in [-0.4, -0.2) is 66.8 Å². The number of unbranched alkanes of at least 4 members (excludes halogenated alkanes) is 1. The van der Waals surface area contributed by atoms with E-state index in [-0.39, 0.29) is 24.9 Å². The zero-order valence-electron chi connectivity index (χ0n) is 18.9. The molecule has 0 aliphatic carbocycles. The predicted molar refractivity (Wildman–Crippen MR) is 124 cm³/mol. The molecule has 34 heavy (non-hydrogen) atoms. The van der Waals surface area contributed by atoms with Gasteiger partial charge in [-0.2, -0.15) is 13.2 Å². The summed E-state index contributed by atoms with van der Waals surface area (Å²) in [6, 6.07) is 3.79. The van der Waals surface area contributed by atoms with Gasteiger partial charge in [0.25, 0.3) is 5.91 Å². The van der Waals surface area contributed by atoms with E-state index in [2.05, 4.69) is 20.9 Å². The van der Waals surface area contributed by atoms with Crippen LogP contribution in [0.4, 0.5) is 13.2 Å². The first-order valence-electron chi connectivity index (χ1n) is 11.8. The summed E-state index contributed by atoms with van der Waals surface area (Å²) in [5.74, 6) is -0.0527. The summed E-state index contributed by atoms with van der Waals surface area (Å²) in [4.78, 5) is 31.6. The minimum absolute atomic E-state index is 0.0417. The summed E-state index contributed by atoms with van der Waals surface area (Å²) in [6.45, 7) is 2.02.